The number of aromatic nitrogens is 1. The van der Waals surface area contributed by atoms with Crippen LogP contribution in [0.15, 0.2) is 84.8 Å². The average molecular weight is 588 g/mol. The van der Waals surface area contributed by atoms with E-state index in [4.69, 9.17) is 0 Å². The van der Waals surface area contributed by atoms with E-state index in [2.05, 4.69) is 32.6 Å². The van der Waals surface area contributed by atoms with Crippen molar-refractivity contribution in [2.24, 2.45) is 0 Å². The topological polar surface area (TPSA) is 88.0 Å². The van der Waals surface area contributed by atoms with Gasteiger partial charge in [0.1, 0.15) is 11.9 Å². The zero-order valence-corrected chi connectivity index (χ0v) is 23.2. The van der Waals surface area contributed by atoms with Gasteiger partial charge < -0.3 is 16.1 Å². The molecular formula is C32H29F4N7. The lowest BCUT2D eigenvalue weighted by atomic mass is 9.99. The fourth-order valence-electron chi connectivity index (χ4n) is 5.33. The Morgan fingerprint density at radius 3 is 2.44 bits per heavy atom. The lowest BCUT2D eigenvalue weighted by molar-refractivity contribution is -0.136. The van der Waals surface area contributed by atoms with Crippen LogP contribution in [-0.2, 0) is 6.18 Å². The van der Waals surface area contributed by atoms with Gasteiger partial charge in [-0.2, -0.15) is 18.4 Å². The van der Waals surface area contributed by atoms with Gasteiger partial charge in [0.25, 0.3) is 0 Å². The predicted octanol–water partition coefficient (Wildman–Crippen LogP) is 7.31. The quantitative estimate of drug-likeness (QED) is 0.153. The van der Waals surface area contributed by atoms with E-state index in [0.717, 1.165) is 24.5 Å². The lowest BCUT2D eigenvalue weighted by Gasteiger charge is -2.24. The molecule has 1 saturated carbocycles. The Hall–Kier alpha value is -4.82. The molecular weight excluding hydrogens is 558 g/mol. The van der Waals surface area contributed by atoms with Crippen molar-refractivity contribution < 1.29 is 17.6 Å². The van der Waals surface area contributed by atoms with E-state index in [0.29, 0.717) is 23.7 Å². The van der Waals surface area contributed by atoms with Crippen LogP contribution in [0.3, 0.4) is 0 Å². The van der Waals surface area contributed by atoms with Crippen molar-refractivity contribution in [1.29, 1.82) is 5.26 Å². The molecule has 2 heterocycles. The summed E-state index contributed by atoms with van der Waals surface area (Å²) in [6, 6.07) is 19.5. The number of alkyl halides is 3. The van der Waals surface area contributed by atoms with Gasteiger partial charge in [-0.3, -0.25) is 9.99 Å². The number of hydrogen-bond acceptors (Lipinski definition) is 7. The summed E-state index contributed by atoms with van der Waals surface area (Å²) in [6.45, 7) is 1.96. The van der Waals surface area contributed by atoms with Crippen molar-refractivity contribution >= 4 is 22.3 Å². The highest BCUT2D eigenvalue weighted by atomic mass is 19.4. The first kappa shape index (κ1) is 28.3. The molecule has 1 aromatic heterocycles. The second-order valence-corrected chi connectivity index (χ2v) is 10.7. The van der Waals surface area contributed by atoms with Crippen molar-refractivity contribution in [3.8, 4) is 6.07 Å². The number of nitriles is 1. The molecule has 220 valence electrons. The van der Waals surface area contributed by atoms with Crippen LogP contribution in [0.2, 0.25) is 0 Å². The number of rotatable bonds is 9. The number of halogens is 4. The lowest BCUT2D eigenvalue weighted by Crippen LogP contribution is -2.38. The van der Waals surface area contributed by atoms with Crippen LogP contribution < -0.4 is 21.6 Å². The molecule has 43 heavy (non-hydrogen) atoms. The maximum absolute atomic E-state index is 14.5. The Morgan fingerprint density at radius 2 is 1.79 bits per heavy atom. The monoisotopic (exact) mass is 587 g/mol. The second kappa shape index (κ2) is 11.5. The molecule has 11 heteroatoms. The minimum absolute atomic E-state index is 0.131. The van der Waals surface area contributed by atoms with Crippen LogP contribution in [0, 0.1) is 17.1 Å². The molecule has 1 aliphatic carbocycles. The first-order valence-corrected chi connectivity index (χ1v) is 14.0. The fourth-order valence-corrected chi connectivity index (χ4v) is 5.33. The highest BCUT2D eigenvalue weighted by molar-refractivity contribution is 5.98. The van der Waals surface area contributed by atoms with Gasteiger partial charge in [-0.05, 0) is 54.7 Å². The summed E-state index contributed by atoms with van der Waals surface area (Å²) in [5.74, 6) is -0.423. The molecule has 2 aliphatic rings. The van der Waals surface area contributed by atoms with Gasteiger partial charge in [-0.1, -0.05) is 49.4 Å². The van der Waals surface area contributed by atoms with E-state index >= 15 is 0 Å². The van der Waals surface area contributed by atoms with Gasteiger partial charge >= 0.3 is 6.18 Å². The third kappa shape index (κ3) is 5.92. The van der Waals surface area contributed by atoms with Gasteiger partial charge in [0.15, 0.2) is 0 Å². The van der Waals surface area contributed by atoms with E-state index in [9.17, 15) is 22.8 Å². The number of nitrogens with zero attached hydrogens (tertiary/aromatic N) is 3. The van der Waals surface area contributed by atoms with Crippen molar-refractivity contribution in [3.63, 3.8) is 0 Å². The van der Waals surface area contributed by atoms with Crippen LogP contribution in [-0.4, -0.2) is 16.0 Å². The smallest absolute Gasteiger partial charge is 0.377 e. The summed E-state index contributed by atoms with van der Waals surface area (Å²) in [4.78, 5) is 4.09. The van der Waals surface area contributed by atoms with E-state index in [-0.39, 0.29) is 33.9 Å². The van der Waals surface area contributed by atoms with Crippen molar-refractivity contribution in [2.75, 3.05) is 10.6 Å². The number of pyridine rings is 1. The van der Waals surface area contributed by atoms with Crippen LogP contribution >= 0.6 is 0 Å². The standard InChI is InChI=1S/C32H29F4N7/c1-2-27(19-6-4-3-5-7-19)40-29-21(16-37)17-38-31-25(29)14-23(15-26(31)32(34,35)36)39-30(20-8-10-22(33)11-9-20)28-18-43(42-41-28)24-12-13-24/h3-11,14-15,17-18,24,27,30,39,41-42H,2,12-13H2,1H3,(H,38,40)/t27-,30?/m1/s1. The number of anilines is 2. The SMILES string of the molecule is CC[C@@H](Nc1c(C#N)cnc2c(C(F)(F)F)cc(NC(C3=CN(C4CC4)NN3)c3ccc(F)cc3)cc12)c1ccccc1. The Bertz CT molecular complexity index is 1690. The maximum Gasteiger partial charge on any atom is 0.418 e. The van der Waals surface area contributed by atoms with Crippen molar-refractivity contribution in [2.45, 2.75) is 50.5 Å². The molecule has 6 rings (SSSR count). The minimum Gasteiger partial charge on any atom is -0.377 e. The molecule has 1 aliphatic heterocycles. The third-order valence-corrected chi connectivity index (χ3v) is 7.70. The van der Waals surface area contributed by atoms with E-state index in [1.54, 1.807) is 18.2 Å². The molecule has 7 nitrogen and oxygen atoms in total. The van der Waals surface area contributed by atoms with Crippen molar-refractivity contribution in [3.05, 3.63) is 113 Å². The van der Waals surface area contributed by atoms with E-state index < -0.39 is 23.6 Å². The molecule has 4 N–H and O–H groups in total. The molecule has 0 radical (unpaired) electrons. The van der Waals surface area contributed by atoms with Crippen LogP contribution in [0.5, 0.6) is 0 Å². The highest BCUT2D eigenvalue weighted by Gasteiger charge is 2.36. The van der Waals surface area contributed by atoms with Gasteiger partial charge in [0, 0.05) is 29.5 Å². The number of hydrazine groups is 2. The van der Waals surface area contributed by atoms with Crippen LogP contribution in [0.25, 0.3) is 10.9 Å². The largest absolute Gasteiger partial charge is 0.418 e. The minimum atomic E-state index is -4.72. The zero-order chi connectivity index (χ0) is 30.1. The maximum atomic E-state index is 14.5. The highest BCUT2D eigenvalue weighted by Crippen LogP contribution is 2.41. The molecule has 0 saturated heterocycles. The Balaban J connectivity index is 1.48. The fraction of sp³-hybridized carbons (Fsp3) is 0.250. The number of benzene rings is 3. The number of nitrogens with one attached hydrogen (secondary N) is 4. The van der Waals surface area contributed by atoms with Gasteiger partial charge in [-0.15, -0.1) is 5.53 Å². The molecule has 0 spiro atoms. The molecule has 4 aromatic rings. The van der Waals surface area contributed by atoms with E-state index in [1.165, 1.54) is 18.3 Å². The van der Waals surface area contributed by atoms with Crippen LogP contribution in [0.4, 0.5) is 28.9 Å². The molecule has 0 amide bonds. The Labute approximate surface area is 246 Å². The number of hydrogen-bond donors (Lipinski definition) is 4. The summed E-state index contributed by atoms with van der Waals surface area (Å²) in [5, 5.41) is 18.6. The summed E-state index contributed by atoms with van der Waals surface area (Å²) in [5.41, 5.74) is 7.81. The average Bonchev–Trinajstić information content (AvgIpc) is 3.75. The molecule has 1 fully saturated rings. The summed E-state index contributed by atoms with van der Waals surface area (Å²) in [7, 11) is 0. The molecule has 1 unspecified atom stereocenters. The third-order valence-electron chi connectivity index (χ3n) is 7.70. The van der Waals surface area contributed by atoms with Gasteiger partial charge in [-0.25, -0.2) is 4.39 Å². The predicted molar refractivity (Wildman–Crippen MR) is 157 cm³/mol. The molecule has 0 bridgehead atoms. The Kier molecular flexibility index (Phi) is 7.54. The van der Waals surface area contributed by atoms with Gasteiger partial charge in [0.2, 0.25) is 0 Å². The first-order chi connectivity index (χ1) is 20.7. The molecule has 2 atom stereocenters. The summed E-state index contributed by atoms with van der Waals surface area (Å²) < 4.78 is 57.4. The molecule has 3 aromatic carbocycles. The van der Waals surface area contributed by atoms with E-state index in [1.807, 2.05) is 48.5 Å². The van der Waals surface area contributed by atoms with Gasteiger partial charge in [0.05, 0.1) is 40.1 Å². The second-order valence-electron chi connectivity index (χ2n) is 10.7. The number of fused-ring (bicyclic) bond motifs is 1. The summed E-state index contributed by atoms with van der Waals surface area (Å²) >= 11 is 0. The van der Waals surface area contributed by atoms with Crippen molar-refractivity contribution in [1.82, 2.24) is 21.0 Å². The normalized spacial score (nSPS) is 16.3. The summed E-state index contributed by atoms with van der Waals surface area (Å²) in [6.07, 6.45) is 1.01. The zero-order valence-electron chi connectivity index (χ0n) is 23.2. The first-order valence-electron chi connectivity index (χ1n) is 14.0. The Morgan fingerprint density at radius 1 is 1.05 bits per heavy atom. The van der Waals surface area contributed by atoms with Crippen LogP contribution in [0.1, 0.15) is 60.5 Å².